The van der Waals surface area contributed by atoms with E-state index in [0.717, 1.165) is 47.7 Å². The first-order valence-electron chi connectivity index (χ1n) is 7.06. The van der Waals surface area contributed by atoms with Gasteiger partial charge in [0.2, 0.25) is 0 Å². The molecule has 1 fully saturated rings. The third kappa shape index (κ3) is 2.45. The summed E-state index contributed by atoms with van der Waals surface area (Å²) < 4.78 is 7.49. The van der Waals surface area contributed by atoms with E-state index in [0.29, 0.717) is 6.61 Å². The van der Waals surface area contributed by atoms with Crippen LogP contribution in [0.3, 0.4) is 0 Å². The molecule has 0 radical (unpaired) electrons. The Morgan fingerprint density at radius 3 is 2.85 bits per heavy atom. The number of rotatable bonds is 4. The Bertz CT molecular complexity index is 590. The minimum absolute atomic E-state index is 0.294. The third-order valence-electron chi connectivity index (χ3n) is 4.00. The number of ether oxygens (including phenoxy) is 1. The first-order chi connectivity index (χ1) is 9.74. The molecule has 0 bridgehead atoms. The van der Waals surface area contributed by atoms with Gasteiger partial charge in [0, 0.05) is 13.7 Å². The fraction of sp³-hybridized carbons (Fsp3) is 0.533. The molecule has 20 heavy (non-hydrogen) atoms. The highest BCUT2D eigenvalue weighted by Crippen LogP contribution is 2.34. The van der Waals surface area contributed by atoms with E-state index in [9.17, 15) is 0 Å². The summed E-state index contributed by atoms with van der Waals surface area (Å²) in [6.07, 6.45) is 1.99. The van der Waals surface area contributed by atoms with Crippen molar-refractivity contribution in [1.82, 2.24) is 9.55 Å². The smallest absolute Gasteiger partial charge is 0.130 e. The average molecular weight is 291 g/mol. The van der Waals surface area contributed by atoms with Crippen LogP contribution in [0.1, 0.15) is 18.7 Å². The zero-order valence-electron chi connectivity index (χ0n) is 11.8. The molecule has 1 aromatic heterocycles. The molecule has 1 aliphatic heterocycles. The zero-order chi connectivity index (χ0) is 14.0. The van der Waals surface area contributed by atoms with Crippen LogP contribution in [0.15, 0.2) is 24.3 Å². The molecule has 4 nitrogen and oxygen atoms in total. The van der Waals surface area contributed by atoms with E-state index in [4.69, 9.17) is 15.5 Å². The fourth-order valence-electron chi connectivity index (χ4n) is 2.82. The van der Waals surface area contributed by atoms with Crippen LogP contribution in [0, 0.1) is 0 Å². The minimum atomic E-state index is -0.294. The molecule has 0 saturated carbocycles. The Kier molecular flexibility index (Phi) is 4.01. The van der Waals surface area contributed by atoms with Gasteiger partial charge in [0.25, 0.3) is 0 Å². The molecule has 0 amide bonds. The van der Waals surface area contributed by atoms with Gasteiger partial charge in [-0.15, -0.1) is 0 Å². The monoisotopic (exact) mass is 291 g/mol. The predicted molar refractivity (Wildman–Crippen MR) is 84.0 cm³/mol. The minimum Gasteiger partial charge on any atom is -0.383 e. The normalized spacial score (nSPS) is 18.5. The maximum Gasteiger partial charge on any atom is 0.130 e. The molecule has 5 heteroatoms. The summed E-state index contributed by atoms with van der Waals surface area (Å²) >= 11 is 1.98. The van der Waals surface area contributed by atoms with Gasteiger partial charge in [-0.2, -0.15) is 11.8 Å². The Balaban J connectivity index is 2.08. The summed E-state index contributed by atoms with van der Waals surface area (Å²) in [7, 11) is 1.73. The number of benzene rings is 1. The number of hydrogen-bond acceptors (Lipinski definition) is 4. The van der Waals surface area contributed by atoms with Crippen molar-refractivity contribution in [2.45, 2.75) is 24.9 Å². The lowest BCUT2D eigenvalue weighted by molar-refractivity contribution is 0.185. The van der Waals surface area contributed by atoms with Crippen molar-refractivity contribution >= 4 is 22.8 Å². The Morgan fingerprint density at radius 2 is 2.10 bits per heavy atom. The van der Waals surface area contributed by atoms with Gasteiger partial charge in [0.05, 0.1) is 23.2 Å². The standard InChI is InChI=1S/C15H21N3OS/c1-19-9-8-18-13-5-3-2-4-12(13)17-14(18)15(16)6-10-20-11-7-15/h2-5H,6-11,16H2,1H3. The van der Waals surface area contributed by atoms with Gasteiger partial charge in [0.15, 0.2) is 0 Å². The number of thioether (sulfide) groups is 1. The van der Waals surface area contributed by atoms with Gasteiger partial charge in [0.1, 0.15) is 5.82 Å². The SMILES string of the molecule is COCCn1c(C2(N)CCSCC2)nc2ccccc21. The van der Waals surface area contributed by atoms with Gasteiger partial charge < -0.3 is 15.0 Å². The number of aromatic nitrogens is 2. The number of nitrogens with two attached hydrogens (primary N) is 1. The van der Waals surface area contributed by atoms with Gasteiger partial charge in [-0.25, -0.2) is 4.98 Å². The summed E-state index contributed by atoms with van der Waals surface area (Å²) in [5.41, 5.74) is 8.57. The first kappa shape index (κ1) is 13.9. The number of fused-ring (bicyclic) bond motifs is 1. The summed E-state index contributed by atoms with van der Waals surface area (Å²) in [5, 5.41) is 0. The molecule has 3 rings (SSSR count). The van der Waals surface area contributed by atoms with Gasteiger partial charge in [-0.3, -0.25) is 0 Å². The number of nitrogens with zero attached hydrogens (tertiary/aromatic N) is 2. The molecule has 108 valence electrons. The highest BCUT2D eigenvalue weighted by atomic mass is 32.2. The fourth-order valence-corrected chi connectivity index (χ4v) is 4.05. The summed E-state index contributed by atoms with van der Waals surface area (Å²) in [6.45, 7) is 1.48. The molecule has 0 spiro atoms. The van der Waals surface area contributed by atoms with Crippen molar-refractivity contribution in [2.24, 2.45) is 5.73 Å². The van der Waals surface area contributed by atoms with E-state index < -0.39 is 0 Å². The van der Waals surface area contributed by atoms with E-state index in [-0.39, 0.29) is 5.54 Å². The van der Waals surface area contributed by atoms with Crippen LogP contribution in [0.5, 0.6) is 0 Å². The van der Waals surface area contributed by atoms with Crippen LogP contribution in [0.4, 0.5) is 0 Å². The van der Waals surface area contributed by atoms with Crippen molar-refractivity contribution < 1.29 is 4.74 Å². The highest BCUT2D eigenvalue weighted by molar-refractivity contribution is 7.99. The number of para-hydroxylation sites is 2. The molecule has 1 saturated heterocycles. The molecule has 1 aliphatic rings. The number of imidazole rings is 1. The third-order valence-corrected chi connectivity index (χ3v) is 4.99. The molecule has 2 aromatic rings. The Hall–Kier alpha value is -1.04. The number of hydrogen-bond donors (Lipinski definition) is 1. The van der Waals surface area contributed by atoms with Gasteiger partial charge in [-0.1, -0.05) is 12.1 Å². The molecular weight excluding hydrogens is 270 g/mol. The molecule has 1 aromatic carbocycles. The molecule has 0 aliphatic carbocycles. The van der Waals surface area contributed by atoms with E-state index >= 15 is 0 Å². The van der Waals surface area contributed by atoms with Gasteiger partial charge >= 0.3 is 0 Å². The summed E-state index contributed by atoms with van der Waals surface area (Å²) in [4.78, 5) is 4.83. The van der Waals surface area contributed by atoms with E-state index in [1.807, 2.05) is 17.8 Å². The van der Waals surface area contributed by atoms with Gasteiger partial charge in [-0.05, 0) is 36.5 Å². The second-order valence-corrected chi connectivity index (χ2v) is 6.56. The zero-order valence-corrected chi connectivity index (χ0v) is 12.7. The quantitative estimate of drug-likeness (QED) is 0.939. The Labute approximate surface area is 123 Å². The maximum absolute atomic E-state index is 6.68. The van der Waals surface area contributed by atoms with Crippen LogP contribution in [0.25, 0.3) is 11.0 Å². The highest BCUT2D eigenvalue weighted by Gasteiger charge is 2.34. The largest absolute Gasteiger partial charge is 0.383 e. The van der Waals surface area contributed by atoms with Crippen molar-refractivity contribution in [3.05, 3.63) is 30.1 Å². The molecular formula is C15H21N3OS. The Morgan fingerprint density at radius 1 is 1.35 bits per heavy atom. The van der Waals surface area contributed by atoms with Crippen LogP contribution in [0.2, 0.25) is 0 Å². The van der Waals surface area contributed by atoms with Crippen molar-refractivity contribution in [3.63, 3.8) is 0 Å². The van der Waals surface area contributed by atoms with Crippen LogP contribution in [-0.2, 0) is 16.8 Å². The maximum atomic E-state index is 6.68. The lowest BCUT2D eigenvalue weighted by Gasteiger charge is -2.33. The van der Waals surface area contributed by atoms with Crippen molar-refractivity contribution in [3.8, 4) is 0 Å². The first-order valence-corrected chi connectivity index (χ1v) is 8.21. The molecule has 0 unspecified atom stereocenters. The summed E-state index contributed by atoms with van der Waals surface area (Å²) in [5.74, 6) is 3.25. The van der Waals surface area contributed by atoms with Crippen molar-refractivity contribution in [1.29, 1.82) is 0 Å². The second-order valence-electron chi connectivity index (χ2n) is 5.34. The molecule has 2 N–H and O–H groups in total. The lowest BCUT2D eigenvalue weighted by atomic mass is 9.92. The van der Waals surface area contributed by atoms with E-state index in [2.05, 4.69) is 22.8 Å². The van der Waals surface area contributed by atoms with Crippen LogP contribution < -0.4 is 5.73 Å². The topological polar surface area (TPSA) is 53.1 Å². The van der Waals surface area contributed by atoms with Crippen molar-refractivity contribution in [2.75, 3.05) is 25.2 Å². The lowest BCUT2D eigenvalue weighted by Crippen LogP contribution is -2.42. The van der Waals surface area contributed by atoms with E-state index in [1.165, 1.54) is 0 Å². The van der Waals surface area contributed by atoms with Crippen LogP contribution in [-0.4, -0.2) is 34.8 Å². The second kappa shape index (κ2) is 5.76. The average Bonchev–Trinajstić information content (AvgIpc) is 2.85. The number of methoxy groups -OCH3 is 1. The molecule has 0 atom stereocenters. The van der Waals surface area contributed by atoms with Crippen LogP contribution >= 0.6 is 11.8 Å². The molecule has 2 heterocycles. The predicted octanol–water partition coefficient (Wildman–Crippen LogP) is 2.36. The van der Waals surface area contributed by atoms with E-state index in [1.54, 1.807) is 7.11 Å². The summed E-state index contributed by atoms with van der Waals surface area (Å²) in [6, 6.07) is 8.25.